The number of phenols is 1. The van der Waals surface area contributed by atoms with E-state index in [1.54, 1.807) is 29.2 Å². The zero-order valence-electron chi connectivity index (χ0n) is 20.1. The average molecular weight is 459 g/mol. The van der Waals surface area contributed by atoms with Crippen LogP contribution in [0.3, 0.4) is 0 Å². The second kappa shape index (κ2) is 11.5. The van der Waals surface area contributed by atoms with E-state index < -0.39 is 6.04 Å². The van der Waals surface area contributed by atoms with Gasteiger partial charge in [0.15, 0.2) is 0 Å². The molecule has 178 valence electrons. The lowest BCUT2D eigenvalue weighted by molar-refractivity contribution is -0.141. The minimum Gasteiger partial charge on any atom is -0.508 e. The number of benzene rings is 2. The van der Waals surface area contributed by atoms with Gasteiger partial charge in [-0.05, 0) is 67.5 Å². The number of aromatic hydroxyl groups is 1. The predicted molar refractivity (Wildman–Crippen MR) is 136 cm³/mol. The minimum atomic E-state index is -0.700. The summed E-state index contributed by atoms with van der Waals surface area (Å²) in [5.74, 6) is -0.0386. The first-order valence-electron chi connectivity index (χ1n) is 11.7. The molecule has 0 aromatic heterocycles. The van der Waals surface area contributed by atoms with Crippen LogP contribution in [-0.2, 0) is 16.0 Å². The Labute approximate surface area is 202 Å². The van der Waals surface area contributed by atoms with E-state index >= 15 is 0 Å². The van der Waals surface area contributed by atoms with Gasteiger partial charge in [-0.2, -0.15) is 0 Å². The van der Waals surface area contributed by atoms with Crippen molar-refractivity contribution in [2.24, 2.45) is 0 Å². The lowest BCUT2D eigenvalue weighted by atomic mass is 9.96. The number of aryl methyl sites for hydroxylation is 3. The number of amides is 2. The van der Waals surface area contributed by atoms with Gasteiger partial charge >= 0.3 is 0 Å². The molecule has 3 rings (SSSR count). The first kappa shape index (κ1) is 25.0. The maximum absolute atomic E-state index is 13.6. The van der Waals surface area contributed by atoms with Crippen LogP contribution in [0, 0.1) is 13.8 Å². The molecule has 2 aromatic rings. The molecule has 1 fully saturated rings. The third-order valence-corrected chi connectivity index (χ3v) is 6.11. The lowest BCUT2D eigenvalue weighted by Crippen LogP contribution is -2.45. The fraction of sp³-hybridized carbons (Fsp3) is 0.310. The van der Waals surface area contributed by atoms with Gasteiger partial charge in [-0.3, -0.25) is 9.59 Å². The number of phenolic OH excluding ortho intramolecular Hbond substituents is 1. The third-order valence-electron chi connectivity index (χ3n) is 6.11. The van der Waals surface area contributed by atoms with Gasteiger partial charge in [0.05, 0.1) is 0 Å². The molecule has 2 aromatic carbocycles. The molecule has 1 unspecified atom stereocenters. The summed E-state index contributed by atoms with van der Waals surface area (Å²) >= 11 is 0. The molecule has 5 nitrogen and oxygen atoms in total. The zero-order chi connectivity index (χ0) is 24.7. The number of carbonyl (C=O) groups excluding carboxylic acids is 2. The molecule has 1 atom stereocenters. The van der Waals surface area contributed by atoms with Gasteiger partial charge < -0.3 is 15.3 Å². The molecule has 1 saturated carbocycles. The van der Waals surface area contributed by atoms with Crippen LogP contribution < -0.4 is 5.32 Å². The van der Waals surface area contributed by atoms with Gasteiger partial charge in [0.2, 0.25) is 11.8 Å². The fourth-order valence-electron chi connectivity index (χ4n) is 4.06. The van der Waals surface area contributed by atoms with Crippen LogP contribution in [0.25, 0.3) is 0 Å². The van der Waals surface area contributed by atoms with Gasteiger partial charge in [-0.15, -0.1) is 0 Å². The molecule has 0 aliphatic heterocycles. The maximum atomic E-state index is 13.6. The second-order valence-electron chi connectivity index (χ2n) is 8.86. The van der Waals surface area contributed by atoms with Crippen LogP contribution in [0.15, 0.2) is 79.4 Å². The molecule has 5 heteroatoms. The molecule has 1 aliphatic rings. The Kier molecular flexibility index (Phi) is 8.47. The number of rotatable bonds is 11. The van der Waals surface area contributed by atoms with Crippen LogP contribution >= 0.6 is 0 Å². The zero-order valence-corrected chi connectivity index (χ0v) is 20.1. The van der Waals surface area contributed by atoms with Gasteiger partial charge in [-0.25, -0.2) is 0 Å². The highest BCUT2D eigenvalue weighted by molar-refractivity contribution is 5.89. The van der Waals surface area contributed by atoms with Crippen LogP contribution in [0.5, 0.6) is 5.75 Å². The number of nitrogens with zero attached hydrogens (tertiary/aromatic N) is 1. The Morgan fingerprint density at radius 2 is 1.85 bits per heavy atom. The van der Waals surface area contributed by atoms with Crippen molar-refractivity contribution in [3.05, 3.63) is 102 Å². The molecule has 1 aliphatic carbocycles. The first-order chi connectivity index (χ1) is 16.3. The molecular weight excluding hydrogens is 424 g/mol. The van der Waals surface area contributed by atoms with E-state index in [1.807, 2.05) is 50.3 Å². The van der Waals surface area contributed by atoms with Crippen molar-refractivity contribution in [1.29, 1.82) is 0 Å². The van der Waals surface area contributed by atoms with E-state index in [4.69, 9.17) is 0 Å². The molecule has 0 heterocycles. The second-order valence-corrected chi connectivity index (χ2v) is 8.86. The van der Waals surface area contributed by atoms with Crippen LogP contribution in [0.4, 0.5) is 0 Å². The van der Waals surface area contributed by atoms with E-state index in [9.17, 15) is 14.7 Å². The fourth-order valence-corrected chi connectivity index (χ4v) is 4.06. The van der Waals surface area contributed by atoms with E-state index in [1.165, 1.54) is 0 Å². The van der Waals surface area contributed by atoms with Crippen molar-refractivity contribution in [3.63, 3.8) is 0 Å². The van der Waals surface area contributed by atoms with Gasteiger partial charge in [0, 0.05) is 19.0 Å². The molecule has 0 spiro atoms. The van der Waals surface area contributed by atoms with Crippen molar-refractivity contribution < 1.29 is 14.7 Å². The van der Waals surface area contributed by atoms with E-state index in [-0.39, 0.29) is 23.6 Å². The molecule has 0 saturated heterocycles. The van der Waals surface area contributed by atoms with Gasteiger partial charge in [0.1, 0.15) is 11.8 Å². The number of nitrogens with one attached hydrogen (secondary N) is 1. The SMILES string of the molecule is C=C/C=C(\C=C)CNC(=O)C(c1cc(C)ccc1C)N(C(=O)CCc1ccc(O)cc1)C1CC1. The highest BCUT2D eigenvalue weighted by Crippen LogP contribution is 2.37. The predicted octanol–water partition coefficient (Wildman–Crippen LogP) is 5.09. The maximum Gasteiger partial charge on any atom is 0.247 e. The minimum absolute atomic E-state index is 0.0396. The summed E-state index contributed by atoms with van der Waals surface area (Å²) in [6, 6.07) is 12.3. The Morgan fingerprint density at radius 1 is 1.15 bits per heavy atom. The largest absolute Gasteiger partial charge is 0.508 e. The van der Waals surface area contributed by atoms with E-state index in [0.717, 1.165) is 40.7 Å². The summed E-state index contributed by atoms with van der Waals surface area (Å²) in [7, 11) is 0. The number of hydrogen-bond acceptors (Lipinski definition) is 3. The monoisotopic (exact) mass is 458 g/mol. The molecule has 34 heavy (non-hydrogen) atoms. The normalized spacial score (nSPS) is 14.2. The molecule has 2 N–H and O–H groups in total. The summed E-state index contributed by atoms with van der Waals surface area (Å²) in [5.41, 5.74) is 4.70. The van der Waals surface area contributed by atoms with Crippen molar-refractivity contribution in [3.8, 4) is 5.75 Å². The highest BCUT2D eigenvalue weighted by atomic mass is 16.3. The summed E-state index contributed by atoms with van der Waals surface area (Å²) in [6.45, 7) is 11.8. The highest BCUT2D eigenvalue weighted by Gasteiger charge is 2.41. The number of hydrogen-bond donors (Lipinski definition) is 2. The van der Waals surface area contributed by atoms with Crippen LogP contribution in [0.2, 0.25) is 0 Å². The molecule has 0 bridgehead atoms. The Hall–Kier alpha value is -3.60. The van der Waals surface area contributed by atoms with Crippen molar-refractivity contribution >= 4 is 11.8 Å². The molecule has 0 radical (unpaired) electrons. The summed E-state index contributed by atoms with van der Waals surface area (Å²) in [6.07, 6.45) is 7.80. The summed E-state index contributed by atoms with van der Waals surface area (Å²) < 4.78 is 0. The summed E-state index contributed by atoms with van der Waals surface area (Å²) in [5, 5.41) is 12.5. The molecular formula is C29H34N2O3. The third kappa shape index (κ3) is 6.47. The van der Waals surface area contributed by atoms with Gasteiger partial charge in [-0.1, -0.05) is 67.3 Å². The topological polar surface area (TPSA) is 69.6 Å². The standard InChI is InChI=1S/C29H34N2O3/c1-5-7-22(6-2)19-30-29(34)28(26-18-20(3)8-9-21(26)4)31(24-13-14-24)27(33)17-12-23-10-15-25(32)16-11-23/h5-11,15-16,18,24,28,32H,1-2,12-14,17,19H2,3-4H3,(H,30,34)/b22-7+. The lowest BCUT2D eigenvalue weighted by Gasteiger charge is -2.33. The quantitative estimate of drug-likeness (QED) is 0.461. The Bertz CT molecular complexity index is 1080. The van der Waals surface area contributed by atoms with Crippen LogP contribution in [0.1, 0.15) is 47.6 Å². The number of carbonyl (C=O) groups is 2. The van der Waals surface area contributed by atoms with Crippen molar-refractivity contribution in [1.82, 2.24) is 10.2 Å². The van der Waals surface area contributed by atoms with E-state index in [0.29, 0.717) is 19.4 Å². The Morgan fingerprint density at radius 3 is 2.47 bits per heavy atom. The smallest absolute Gasteiger partial charge is 0.247 e. The first-order valence-corrected chi connectivity index (χ1v) is 11.7. The van der Waals surface area contributed by atoms with E-state index in [2.05, 4.69) is 18.5 Å². The molecule has 2 amide bonds. The van der Waals surface area contributed by atoms with Crippen molar-refractivity contribution in [2.45, 2.75) is 51.6 Å². The van der Waals surface area contributed by atoms with Gasteiger partial charge in [0.25, 0.3) is 0 Å². The van der Waals surface area contributed by atoms with Crippen molar-refractivity contribution in [2.75, 3.05) is 6.54 Å². The number of allylic oxidation sites excluding steroid dienone is 2. The summed E-state index contributed by atoms with van der Waals surface area (Å²) in [4.78, 5) is 28.9. The Balaban J connectivity index is 1.89. The van der Waals surface area contributed by atoms with Crippen LogP contribution in [-0.4, -0.2) is 34.4 Å². The average Bonchev–Trinajstić information content (AvgIpc) is 3.66.